The highest BCUT2D eigenvalue weighted by molar-refractivity contribution is 14.1. The van der Waals surface area contributed by atoms with Crippen molar-refractivity contribution in [2.45, 2.75) is 35.7 Å². The third-order valence-electron chi connectivity index (χ3n) is 6.75. The molecule has 0 saturated carbocycles. The first kappa shape index (κ1) is 27.3. The molecule has 1 aliphatic heterocycles. The molecule has 37 heavy (non-hydrogen) atoms. The fourth-order valence-corrected chi connectivity index (χ4v) is 6.14. The number of halogens is 4. The molecular weight excluding hydrogens is 600 g/mol. The van der Waals surface area contributed by atoms with E-state index in [9.17, 15) is 23.2 Å². The Morgan fingerprint density at radius 1 is 1.19 bits per heavy atom. The van der Waals surface area contributed by atoms with Crippen molar-refractivity contribution in [3.63, 3.8) is 0 Å². The Hall–Kier alpha value is -2.76. The molecule has 0 radical (unpaired) electrons. The number of aryl methyl sites for hydroxylation is 1. The molecule has 1 fully saturated rings. The highest BCUT2D eigenvalue weighted by Crippen LogP contribution is 2.41. The van der Waals surface area contributed by atoms with Crippen molar-refractivity contribution in [3.8, 4) is 6.07 Å². The summed E-state index contributed by atoms with van der Waals surface area (Å²) in [6.07, 6.45) is -3.61. The van der Waals surface area contributed by atoms with Crippen molar-refractivity contribution in [3.05, 3.63) is 63.8 Å². The predicted octanol–water partition coefficient (Wildman–Crippen LogP) is 4.05. The molecule has 0 amide bonds. The van der Waals surface area contributed by atoms with Gasteiger partial charge in [0.2, 0.25) is 0 Å². The first-order chi connectivity index (χ1) is 17.4. The van der Waals surface area contributed by atoms with Gasteiger partial charge in [-0.15, -0.1) is 0 Å². The number of nitrogens with zero attached hydrogens (tertiary/aromatic N) is 6. The second-order valence-corrected chi connectivity index (χ2v) is 11.0. The van der Waals surface area contributed by atoms with Gasteiger partial charge in [0.15, 0.2) is 0 Å². The van der Waals surface area contributed by atoms with Gasteiger partial charge in [0, 0.05) is 51.6 Å². The van der Waals surface area contributed by atoms with Gasteiger partial charge in [0.25, 0.3) is 5.56 Å². The van der Waals surface area contributed by atoms with Gasteiger partial charge in [-0.05, 0) is 38.1 Å². The summed E-state index contributed by atoms with van der Waals surface area (Å²) >= 11 is 2.21. The Balaban J connectivity index is 1.72. The van der Waals surface area contributed by atoms with Crippen molar-refractivity contribution in [2.75, 3.05) is 31.7 Å². The van der Waals surface area contributed by atoms with Crippen LogP contribution in [-0.2, 0) is 21.5 Å². The van der Waals surface area contributed by atoms with Crippen molar-refractivity contribution in [2.24, 2.45) is 7.05 Å². The van der Waals surface area contributed by atoms with Crippen LogP contribution >= 0.6 is 22.6 Å². The monoisotopic (exact) mass is 626 g/mol. The van der Waals surface area contributed by atoms with Crippen LogP contribution in [0.25, 0.3) is 11.0 Å². The van der Waals surface area contributed by atoms with Crippen molar-refractivity contribution >= 4 is 39.3 Å². The largest absolute Gasteiger partial charge is 0.417 e. The van der Waals surface area contributed by atoms with E-state index in [2.05, 4.69) is 48.4 Å². The summed E-state index contributed by atoms with van der Waals surface area (Å²) in [6, 6.07) is 9.16. The molecule has 1 unspecified atom stereocenters. The number of hydrogen-bond donors (Lipinski definition) is 0. The number of pyridine rings is 3. The van der Waals surface area contributed by atoms with Gasteiger partial charge in [0.1, 0.15) is 20.8 Å². The molecule has 0 N–H and O–H groups in total. The molecule has 4 rings (SSSR count). The van der Waals surface area contributed by atoms with Crippen LogP contribution in [0.1, 0.15) is 30.8 Å². The zero-order chi connectivity index (χ0) is 27.1. The van der Waals surface area contributed by atoms with Crippen LogP contribution in [0.4, 0.5) is 18.9 Å². The molecule has 3 atom stereocenters. The molecule has 0 aliphatic carbocycles. The van der Waals surface area contributed by atoms with Gasteiger partial charge in [-0.2, -0.15) is 18.4 Å². The minimum absolute atomic E-state index is 0.0920. The standard InChI is InChI=1S/C25H26F3IN6O2/c1-15-13-35(24(29,14-37-4)21-8-5-17(11-31-21)25(26,27)28)16(2)12-34(15)20-9-22(36)33(3)19-7-6-18(10-30)32-23(19)20/h5-9,11,15-16H,12-14H2,1-4H3/t15-,16+,24?/m0/s1. The van der Waals surface area contributed by atoms with E-state index in [0.29, 0.717) is 35.5 Å². The SMILES string of the molecule is COCC(I)(c1ccc(C(F)(F)F)cn1)N1C[C@H](C)N(c2cc(=O)n(C)c3ccc(C#N)nc23)C[C@H]1C. The minimum atomic E-state index is -4.47. The molecule has 0 aromatic carbocycles. The molecule has 1 saturated heterocycles. The maximum atomic E-state index is 13.1. The summed E-state index contributed by atoms with van der Waals surface area (Å²) in [5.41, 5.74) is 1.57. The van der Waals surface area contributed by atoms with Gasteiger partial charge in [-0.25, -0.2) is 4.98 Å². The van der Waals surface area contributed by atoms with Crippen LogP contribution in [0.15, 0.2) is 41.3 Å². The van der Waals surface area contributed by atoms with Crippen molar-refractivity contribution < 1.29 is 17.9 Å². The van der Waals surface area contributed by atoms with Crippen molar-refractivity contribution in [1.29, 1.82) is 5.26 Å². The minimum Gasteiger partial charge on any atom is -0.381 e. The topological polar surface area (TPSA) is 87.3 Å². The Labute approximate surface area is 225 Å². The van der Waals surface area contributed by atoms with Crippen LogP contribution in [0.5, 0.6) is 0 Å². The van der Waals surface area contributed by atoms with Crippen LogP contribution in [-0.4, -0.2) is 58.3 Å². The average molecular weight is 626 g/mol. The van der Waals surface area contributed by atoms with E-state index in [4.69, 9.17) is 4.74 Å². The number of ether oxygens (including phenoxy) is 1. The maximum Gasteiger partial charge on any atom is 0.417 e. The van der Waals surface area contributed by atoms with Crippen LogP contribution < -0.4 is 10.5 Å². The molecule has 8 nitrogen and oxygen atoms in total. The van der Waals surface area contributed by atoms with Crippen LogP contribution in [0.3, 0.4) is 0 Å². The average Bonchev–Trinajstić information content (AvgIpc) is 2.86. The zero-order valence-electron chi connectivity index (χ0n) is 20.8. The number of rotatable bonds is 5. The molecule has 12 heteroatoms. The normalized spacial score (nSPS) is 20.6. The number of hydrogen-bond acceptors (Lipinski definition) is 7. The number of alkyl halides is 4. The van der Waals surface area contributed by atoms with E-state index in [1.54, 1.807) is 32.4 Å². The van der Waals surface area contributed by atoms with Gasteiger partial charge in [-0.1, -0.05) is 22.6 Å². The Bertz CT molecular complexity index is 1410. The highest BCUT2D eigenvalue weighted by Gasteiger charge is 2.45. The molecular formula is C25H26F3IN6O2. The second kappa shape index (κ2) is 10.2. The molecule has 1 aliphatic rings. The molecule has 196 valence electrons. The Kier molecular flexibility index (Phi) is 7.51. The molecule has 3 aromatic rings. The van der Waals surface area contributed by atoms with E-state index in [1.165, 1.54) is 10.6 Å². The first-order valence-electron chi connectivity index (χ1n) is 11.6. The van der Waals surface area contributed by atoms with E-state index >= 15 is 0 Å². The first-order valence-corrected chi connectivity index (χ1v) is 12.6. The summed E-state index contributed by atoms with van der Waals surface area (Å²) in [7, 11) is 3.21. The number of nitriles is 1. The number of aromatic nitrogens is 3. The van der Waals surface area contributed by atoms with Crippen molar-refractivity contribution in [1.82, 2.24) is 19.4 Å². The summed E-state index contributed by atoms with van der Waals surface area (Å²) in [4.78, 5) is 25.7. The lowest BCUT2D eigenvalue weighted by molar-refractivity contribution is -0.137. The van der Waals surface area contributed by atoms with E-state index in [1.807, 2.05) is 13.8 Å². The fourth-order valence-electron chi connectivity index (χ4n) is 4.83. The number of piperazine rings is 1. The van der Waals surface area contributed by atoms with E-state index < -0.39 is 15.3 Å². The van der Waals surface area contributed by atoms with E-state index in [0.717, 1.165) is 12.3 Å². The highest BCUT2D eigenvalue weighted by atomic mass is 127. The zero-order valence-corrected chi connectivity index (χ0v) is 22.9. The molecule has 0 spiro atoms. The Morgan fingerprint density at radius 3 is 2.51 bits per heavy atom. The molecule has 3 aromatic heterocycles. The summed E-state index contributed by atoms with van der Waals surface area (Å²) in [5.74, 6) is 0. The summed E-state index contributed by atoms with van der Waals surface area (Å²) < 4.78 is 45.5. The number of fused-ring (bicyclic) bond motifs is 1. The summed E-state index contributed by atoms with van der Waals surface area (Å²) in [6.45, 7) is 5.27. The molecule has 0 bridgehead atoms. The Morgan fingerprint density at radius 2 is 1.92 bits per heavy atom. The predicted molar refractivity (Wildman–Crippen MR) is 141 cm³/mol. The summed E-state index contributed by atoms with van der Waals surface area (Å²) in [5, 5.41) is 9.38. The lowest BCUT2D eigenvalue weighted by atomic mass is 10.0. The third-order valence-corrected chi connectivity index (χ3v) is 8.24. The lowest BCUT2D eigenvalue weighted by Crippen LogP contribution is -2.62. The molecule has 4 heterocycles. The third kappa shape index (κ3) is 5.04. The number of anilines is 1. The van der Waals surface area contributed by atoms with E-state index in [-0.39, 0.29) is 29.9 Å². The quantitative estimate of drug-likeness (QED) is 0.240. The van der Waals surface area contributed by atoms with Crippen LogP contribution in [0, 0.1) is 11.3 Å². The van der Waals surface area contributed by atoms with Gasteiger partial charge in [0.05, 0.1) is 29.1 Å². The lowest BCUT2D eigenvalue weighted by Gasteiger charge is -2.51. The van der Waals surface area contributed by atoms with Gasteiger partial charge < -0.3 is 14.2 Å². The number of methoxy groups -OCH3 is 1. The van der Waals surface area contributed by atoms with Gasteiger partial charge in [-0.3, -0.25) is 14.7 Å². The maximum absolute atomic E-state index is 13.1. The van der Waals surface area contributed by atoms with Crippen LogP contribution in [0.2, 0.25) is 0 Å². The second-order valence-electron chi connectivity index (χ2n) is 9.23. The smallest absolute Gasteiger partial charge is 0.381 e. The van der Waals surface area contributed by atoms with Gasteiger partial charge >= 0.3 is 6.18 Å². The fraction of sp³-hybridized carbons (Fsp3) is 0.440.